The maximum absolute atomic E-state index is 8.82. The number of aliphatic hydroxyl groups is 3. The molecule has 0 radical (unpaired) electrons. The van der Waals surface area contributed by atoms with Crippen LogP contribution in [0.5, 0.6) is 0 Å². The molecule has 12 heavy (non-hydrogen) atoms. The Morgan fingerprint density at radius 1 is 1.00 bits per heavy atom. The summed E-state index contributed by atoms with van der Waals surface area (Å²) in [5.41, 5.74) is 2.04. The second-order valence-corrected chi connectivity index (χ2v) is 2.93. The first-order chi connectivity index (χ1) is 5.41. The largest absolute Gasteiger partial charge is 0.340 e. The Hall–Kier alpha value is -0.900. The summed E-state index contributed by atoms with van der Waals surface area (Å²) in [6, 6.07) is 4.74. The highest BCUT2D eigenvalue weighted by Gasteiger charge is 2.21. The van der Waals surface area contributed by atoms with Gasteiger partial charge in [0.2, 0.25) is 0 Å². The van der Waals surface area contributed by atoms with Crippen LogP contribution in [0.2, 0.25) is 0 Å². The average Bonchev–Trinajstić information content (AvgIpc) is 1.92. The molecule has 1 aromatic rings. The summed E-state index contributed by atoms with van der Waals surface area (Å²) in [6.07, 6.45) is 0. The third kappa shape index (κ3) is 1.82. The van der Waals surface area contributed by atoms with E-state index in [1.54, 1.807) is 6.07 Å². The van der Waals surface area contributed by atoms with Crippen LogP contribution >= 0.6 is 0 Å². The molecule has 0 fully saturated rings. The van der Waals surface area contributed by atoms with Crippen LogP contribution in [0.15, 0.2) is 18.2 Å². The minimum atomic E-state index is -2.72. The van der Waals surface area contributed by atoms with Crippen molar-refractivity contribution in [3.63, 3.8) is 0 Å². The van der Waals surface area contributed by atoms with E-state index < -0.39 is 5.97 Å². The quantitative estimate of drug-likeness (QED) is 0.531. The molecule has 0 saturated carbocycles. The molecular formula is C9H12O3. The van der Waals surface area contributed by atoms with E-state index in [-0.39, 0.29) is 5.56 Å². The van der Waals surface area contributed by atoms with Crippen LogP contribution in [0.1, 0.15) is 16.7 Å². The Labute approximate surface area is 70.9 Å². The predicted octanol–water partition coefficient (Wildman–Crippen LogP) is 0.391. The molecule has 0 heterocycles. The Kier molecular flexibility index (Phi) is 2.19. The standard InChI is InChI=1S/C9H12O3/c1-6-3-4-8(5-7(6)2)9(10,11)12/h3-5,10-12H,1-2H3. The van der Waals surface area contributed by atoms with Crippen molar-refractivity contribution in [1.29, 1.82) is 0 Å². The number of aryl methyl sites for hydroxylation is 2. The Balaban J connectivity index is 3.14. The minimum absolute atomic E-state index is 0.0885. The maximum Gasteiger partial charge on any atom is 0.304 e. The van der Waals surface area contributed by atoms with Crippen molar-refractivity contribution >= 4 is 0 Å². The molecule has 0 saturated heterocycles. The number of rotatable bonds is 1. The highest BCUT2D eigenvalue weighted by atomic mass is 16.7. The predicted molar refractivity (Wildman–Crippen MR) is 44.3 cm³/mol. The SMILES string of the molecule is Cc1ccc(C(O)(O)O)cc1C. The zero-order valence-corrected chi connectivity index (χ0v) is 7.07. The van der Waals surface area contributed by atoms with Gasteiger partial charge in [-0.05, 0) is 31.0 Å². The van der Waals surface area contributed by atoms with Crippen molar-refractivity contribution < 1.29 is 15.3 Å². The van der Waals surface area contributed by atoms with Crippen LogP contribution in [0.25, 0.3) is 0 Å². The van der Waals surface area contributed by atoms with Crippen LogP contribution in [0.3, 0.4) is 0 Å². The van der Waals surface area contributed by atoms with Crippen molar-refractivity contribution in [2.24, 2.45) is 0 Å². The van der Waals surface area contributed by atoms with E-state index in [4.69, 9.17) is 15.3 Å². The molecule has 1 aromatic carbocycles. The third-order valence-electron chi connectivity index (χ3n) is 1.89. The number of benzene rings is 1. The first-order valence-electron chi connectivity index (χ1n) is 3.66. The van der Waals surface area contributed by atoms with Crippen molar-refractivity contribution in [1.82, 2.24) is 0 Å². The van der Waals surface area contributed by atoms with Crippen molar-refractivity contribution in [2.45, 2.75) is 19.8 Å². The molecule has 0 aliphatic rings. The summed E-state index contributed by atoms with van der Waals surface area (Å²) in [5.74, 6) is -2.72. The van der Waals surface area contributed by atoms with Gasteiger partial charge in [0.25, 0.3) is 0 Å². The van der Waals surface area contributed by atoms with Gasteiger partial charge in [0.1, 0.15) is 0 Å². The second kappa shape index (κ2) is 2.86. The first-order valence-corrected chi connectivity index (χ1v) is 3.66. The molecular weight excluding hydrogens is 156 g/mol. The molecule has 0 amide bonds. The Morgan fingerprint density at radius 2 is 1.58 bits per heavy atom. The minimum Gasteiger partial charge on any atom is -0.340 e. The fourth-order valence-electron chi connectivity index (χ4n) is 0.950. The van der Waals surface area contributed by atoms with Gasteiger partial charge in [-0.2, -0.15) is 0 Å². The van der Waals surface area contributed by atoms with E-state index in [1.165, 1.54) is 12.1 Å². The van der Waals surface area contributed by atoms with Crippen LogP contribution in [-0.2, 0) is 5.97 Å². The summed E-state index contributed by atoms with van der Waals surface area (Å²) in [4.78, 5) is 0. The fraction of sp³-hybridized carbons (Fsp3) is 0.333. The summed E-state index contributed by atoms with van der Waals surface area (Å²) in [6.45, 7) is 3.75. The van der Waals surface area contributed by atoms with Crippen molar-refractivity contribution in [3.05, 3.63) is 34.9 Å². The van der Waals surface area contributed by atoms with E-state index >= 15 is 0 Å². The first kappa shape index (κ1) is 9.19. The summed E-state index contributed by atoms with van der Waals surface area (Å²) < 4.78 is 0. The smallest absolute Gasteiger partial charge is 0.304 e. The zero-order chi connectivity index (χ0) is 9.35. The summed E-state index contributed by atoms with van der Waals surface area (Å²) in [7, 11) is 0. The van der Waals surface area contributed by atoms with Gasteiger partial charge in [-0.15, -0.1) is 0 Å². The van der Waals surface area contributed by atoms with E-state index in [0.717, 1.165) is 11.1 Å². The van der Waals surface area contributed by atoms with Crippen molar-refractivity contribution in [2.75, 3.05) is 0 Å². The van der Waals surface area contributed by atoms with E-state index in [2.05, 4.69) is 0 Å². The molecule has 0 spiro atoms. The van der Waals surface area contributed by atoms with Crippen LogP contribution in [-0.4, -0.2) is 15.3 Å². The highest BCUT2D eigenvalue weighted by Crippen LogP contribution is 2.17. The number of hydrogen-bond donors (Lipinski definition) is 3. The van der Waals surface area contributed by atoms with E-state index in [9.17, 15) is 0 Å². The van der Waals surface area contributed by atoms with Gasteiger partial charge in [0, 0.05) is 5.56 Å². The lowest BCUT2D eigenvalue weighted by Gasteiger charge is -2.15. The van der Waals surface area contributed by atoms with Gasteiger partial charge in [-0.25, -0.2) is 0 Å². The molecule has 3 nitrogen and oxygen atoms in total. The van der Waals surface area contributed by atoms with E-state index in [1.807, 2.05) is 13.8 Å². The van der Waals surface area contributed by atoms with Gasteiger partial charge < -0.3 is 15.3 Å². The van der Waals surface area contributed by atoms with Gasteiger partial charge in [-0.1, -0.05) is 12.1 Å². The monoisotopic (exact) mass is 168 g/mol. The molecule has 3 heteroatoms. The van der Waals surface area contributed by atoms with E-state index in [0.29, 0.717) is 0 Å². The summed E-state index contributed by atoms with van der Waals surface area (Å²) in [5, 5.41) is 26.4. The molecule has 0 atom stereocenters. The van der Waals surface area contributed by atoms with Gasteiger partial charge in [-0.3, -0.25) is 0 Å². The Bertz CT molecular complexity index is 286. The topological polar surface area (TPSA) is 60.7 Å². The zero-order valence-electron chi connectivity index (χ0n) is 7.07. The lowest BCUT2D eigenvalue weighted by molar-refractivity contribution is -0.323. The molecule has 0 unspecified atom stereocenters. The normalized spacial score (nSPS) is 11.8. The van der Waals surface area contributed by atoms with Crippen LogP contribution in [0, 0.1) is 13.8 Å². The summed E-state index contributed by atoms with van der Waals surface area (Å²) >= 11 is 0. The molecule has 66 valence electrons. The molecule has 0 aromatic heterocycles. The van der Waals surface area contributed by atoms with Crippen molar-refractivity contribution in [3.8, 4) is 0 Å². The average molecular weight is 168 g/mol. The lowest BCUT2D eigenvalue weighted by atomic mass is 10.1. The van der Waals surface area contributed by atoms with Crippen LogP contribution in [0.4, 0.5) is 0 Å². The fourth-order valence-corrected chi connectivity index (χ4v) is 0.950. The molecule has 3 N–H and O–H groups in total. The van der Waals surface area contributed by atoms with Gasteiger partial charge in [0.05, 0.1) is 0 Å². The Morgan fingerprint density at radius 3 is 2.00 bits per heavy atom. The molecule has 0 bridgehead atoms. The van der Waals surface area contributed by atoms with Crippen LogP contribution < -0.4 is 0 Å². The third-order valence-corrected chi connectivity index (χ3v) is 1.89. The molecule has 1 rings (SSSR count). The lowest BCUT2D eigenvalue weighted by Crippen LogP contribution is -2.23. The number of hydrogen-bond acceptors (Lipinski definition) is 3. The molecule has 0 aliphatic carbocycles. The van der Waals surface area contributed by atoms with Gasteiger partial charge in [0.15, 0.2) is 0 Å². The van der Waals surface area contributed by atoms with Gasteiger partial charge >= 0.3 is 5.97 Å². The molecule has 0 aliphatic heterocycles. The maximum atomic E-state index is 8.82. The second-order valence-electron chi connectivity index (χ2n) is 2.93. The highest BCUT2D eigenvalue weighted by molar-refractivity contribution is 5.31.